The van der Waals surface area contributed by atoms with Gasteiger partial charge in [0.1, 0.15) is 6.67 Å². The Balaban J connectivity index is 1.35. The van der Waals surface area contributed by atoms with Crippen molar-refractivity contribution >= 4 is 35.0 Å². The van der Waals surface area contributed by atoms with E-state index in [9.17, 15) is 14.4 Å². The zero-order valence-corrected chi connectivity index (χ0v) is 19.1. The molecular formula is C27H25ClN2O3. The topological polar surface area (TPSA) is 57.7 Å². The molecule has 6 atom stereocenters. The molecule has 0 unspecified atom stereocenters. The predicted octanol–water partition coefficient (Wildman–Crippen LogP) is 4.56. The summed E-state index contributed by atoms with van der Waals surface area (Å²) in [5, 5.41) is 0.341. The molecule has 6 heteroatoms. The van der Waals surface area contributed by atoms with E-state index in [0.717, 1.165) is 18.4 Å². The first kappa shape index (κ1) is 20.7. The summed E-state index contributed by atoms with van der Waals surface area (Å²) >= 11 is 6.34. The Bertz CT molecular complexity index is 1150. The third-order valence-electron chi connectivity index (χ3n) is 8.04. The Morgan fingerprint density at radius 3 is 2.15 bits per heavy atom. The second kappa shape index (κ2) is 7.56. The molecule has 1 aliphatic heterocycles. The average molecular weight is 461 g/mol. The summed E-state index contributed by atoms with van der Waals surface area (Å²) in [6.07, 6.45) is 6.32. The van der Waals surface area contributed by atoms with Crippen LogP contribution in [0.5, 0.6) is 0 Å². The van der Waals surface area contributed by atoms with Crippen molar-refractivity contribution < 1.29 is 14.4 Å². The number of carbonyl (C=O) groups is 3. The summed E-state index contributed by atoms with van der Waals surface area (Å²) in [4.78, 5) is 43.4. The smallest absolute Gasteiger partial charge is 0.261 e. The van der Waals surface area contributed by atoms with E-state index in [1.807, 2.05) is 24.3 Å². The van der Waals surface area contributed by atoms with E-state index < -0.39 is 0 Å². The molecule has 0 aromatic heterocycles. The number of halogens is 1. The van der Waals surface area contributed by atoms with Crippen LogP contribution in [0.4, 0.5) is 5.69 Å². The van der Waals surface area contributed by atoms with Gasteiger partial charge in [0.25, 0.3) is 5.91 Å². The van der Waals surface area contributed by atoms with Crippen LogP contribution in [-0.4, -0.2) is 29.3 Å². The number of benzene rings is 2. The number of likely N-dealkylation sites (tertiary alicyclic amines) is 1. The van der Waals surface area contributed by atoms with Gasteiger partial charge in [0, 0.05) is 5.69 Å². The highest BCUT2D eigenvalue weighted by molar-refractivity contribution is 6.34. The number of amides is 3. The lowest BCUT2D eigenvalue weighted by Crippen LogP contribution is -2.45. The van der Waals surface area contributed by atoms with Crippen LogP contribution >= 0.6 is 11.6 Å². The number of aryl methyl sites for hydroxylation is 1. The number of hydrogen-bond acceptors (Lipinski definition) is 3. The van der Waals surface area contributed by atoms with Gasteiger partial charge in [-0.05, 0) is 66.3 Å². The number of nitrogens with zero attached hydrogens (tertiary/aromatic N) is 2. The van der Waals surface area contributed by atoms with Gasteiger partial charge in [0.15, 0.2) is 0 Å². The van der Waals surface area contributed by atoms with Gasteiger partial charge in [0.2, 0.25) is 11.8 Å². The fourth-order valence-electron chi connectivity index (χ4n) is 6.25. The fourth-order valence-corrected chi connectivity index (χ4v) is 6.47. The van der Waals surface area contributed by atoms with E-state index in [2.05, 4.69) is 19.1 Å². The minimum Gasteiger partial charge on any atom is -0.290 e. The van der Waals surface area contributed by atoms with Crippen molar-refractivity contribution in [1.29, 1.82) is 0 Å². The SMILES string of the molecule is CCc1ccc(N(CN2C(=O)[C@H]3[C@@H]4C=C[C@H]([C@H]5C[C@H]45)[C@@H]3C2=O)C(=O)c2ccccc2Cl)cc1. The Morgan fingerprint density at radius 1 is 0.970 bits per heavy atom. The number of allylic oxidation sites excluding steroid dienone is 2. The monoisotopic (exact) mass is 460 g/mol. The molecule has 168 valence electrons. The van der Waals surface area contributed by atoms with Crippen LogP contribution in [0.1, 0.15) is 29.3 Å². The number of imide groups is 1. The maximum absolute atomic E-state index is 13.6. The lowest BCUT2D eigenvalue weighted by Gasteiger charge is -2.37. The highest BCUT2D eigenvalue weighted by Gasteiger charge is 2.67. The van der Waals surface area contributed by atoms with Gasteiger partial charge < -0.3 is 0 Å². The van der Waals surface area contributed by atoms with Crippen LogP contribution in [0.3, 0.4) is 0 Å². The lowest BCUT2D eigenvalue weighted by molar-refractivity contribution is -0.140. The maximum atomic E-state index is 13.6. The van der Waals surface area contributed by atoms with E-state index in [0.29, 0.717) is 28.1 Å². The quantitative estimate of drug-likeness (QED) is 0.485. The van der Waals surface area contributed by atoms with E-state index in [-0.39, 0.29) is 48.1 Å². The van der Waals surface area contributed by atoms with E-state index in [1.165, 1.54) is 9.80 Å². The van der Waals surface area contributed by atoms with Crippen LogP contribution in [0.2, 0.25) is 5.02 Å². The van der Waals surface area contributed by atoms with Crippen molar-refractivity contribution in [2.75, 3.05) is 11.6 Å². The van der Waals surface area contributed by atoms with Crippen molar-refractivity contribution in [2.45, 2.75) is 19.8 Å². The van der Waals surface area contributed by atoms with Gasteiger partial charge in [-0.15, -0.1) is 0 Å². The van der Waals surface area contributed by atoms with Gasteiger partial charge in [-0.1, -0.05) is 54.9 Å². The minimum absolute atomic E-state index is 0.102. The summed E-state index contributed by atoms with van der Waals surface area (Å²) in [6.45, 7) is 1.97. The first-order chi connectivity index (χ1) is 16.0. The normalized spacial score (nSPS) is 30.9. The van der Waals surface area contributed by atoms with Crippen molar-refractivity contribution in [3.63, 3.8) is 0 Å². The molecule has 1 heterocycles. The van der Waals surface area contributed by atoms with Crippen molar-refractivity contribution in [2.24, 2.45) is 35.5 Å². The molecular weight excluding hydrogens is 436 g/mol. The summed E-state index contributed by atoms with van der Waals surface area (Å²) in [7, 11) is 0. The molecule has 0 N–H and O–H groups in total. The van der Waals surface area contributed by atoms with Crippen molar-refractivity contribution in [3.8, 4) is 0 Å². The molecule has 2 aromatic carbocycles. The summed E-state index contributed by atoms with van der Waals surface area (Å²) < 4.78 is 0. The van der Waals surface area contributed by atoms with Crippen LogP contribution in [-0.2, 0) is 16.0 Å². The molecule has 3 fully saturated rings. The first-order valence-corrected chi connectivity index (χ1v) is 12.1. The standard InChI is InChI=1S/C27H25ClN2O3/c1-2-15-7-9-16(10-8-15)29(25(31)19-5-3-4-6-22(19)28)14-30-26(32)23-17-11-12-18(21-13-20(17)21)24(23)27(30)33/h3-12,17-18,20-21,23-24H,2,13-14H2,1H3/t17-,18-,20-,21-,23+,24+/m1/s1. The van der Waals surface area contributed by atoms with E-state index in [4.69, 9.17) is 11.6 Å². The Morgan fingerprint density at radius 2 is 1.58 bits per heavy atom. The summed E-state index contributed by atoms with van der Waals surface area (Å²) in [5.41, 5.74) is 2.12. The van der Waals surface area contributed by atoms with Crippen molar-refractivity contribution in [1.82, 2.24) is 4.90 Å². The van der Waals surface area contributed by atoms with Gasteiger partial charge in [-0.25, -0.2) is 0 Å². The summed E-state index contributed by atoms with van der Waals surface area (Å²) in [6, 6.07) is 14.5. The number of rotatable bonds is 5. The zero-order valence-electron chi connectivity index (χ0n) is 18.4. The van der Waals surface area contributed by atoms with Gasteiger partial charge in [-0.3, -0.25) is 24.2 Å². The molecule has 33 heavy (non-hydrogen) atoms. The number of anilines is 1. The maximum Gasteiger partial charge on any atom is 0.261 e. The molecule has 7 rings (SSSR count). The van der Waals surface area contributed by atoms with E-state index in [1.54, 1.807) is 24.3 Å². The molecule has 4 aliphatic carbocycles. The van der Waals surface area contributed by atoms with E-state index >= 15 is 0 Å². The van der Waals surface area contributed by atoms with Crippen LogP contribution < -0.4 is 4.90 Å². The molecule has 5 nitrogen and oxygen atoms in total. The molecule has 3 amide bonds. The molecule has 1 saturated heterocycles. The first-order valence-electron chi connectivity index (χ1n) is 11.7. The highest BCUT2D eigenvalue weighted by Crippen LogP contribution is 2.65. The third-order valence-corrected chi connectivity index (χ3v) is 8.37. The summed E-state index contributed by atoms with van der Waals surface area (Å²) in [5.74, 6) is 0.219. The number of hydrogen-bond donors (Lipinski definition) is 0. The Labute approximate surface area is 198 Å². The number of carbonyl (C=O) groups excluding carboxylic acids is 3. The molecule has 2 saturated carbocycles. The Hall–Kier alpha value is -2.92. The second-order valence-corrected chi connectivity index (χ2v) is 10.0. The van der Waals surface area contributed by atoms with Crippen LogP contribution in [0.15, 0.2) is 60.7 Å². The van der Waals surface area contributed by atoms with Gasteiger partial charge >= 0.3 is 0 Å². The molecule has 5 aliphatic rings. The Kier molecular flexibility index (Phi) is 4.73. The van der Waals surface area contributed by atoms with Gasteiger partial charge in [-0.2, -0.15) is 0 Å². The van der Waals surface area contributed by atoms with Crippen molar-refractivity contribution in [3.05, 3.63) is 76.8 Å². The molecule has 2 aromatic rings. The molecule has 0 radical (unpaired) electrons. The second-order valence-electron chi connectivity index (χ2n) is 9.63. The third kappa shape index (κ3) is 3.09. The lowest BCUT2D eigenvalue weighted by atomic mass is 9.63. The molecule has 0 spiro atoms. The highest BCUT2D eigenvalue weighted by atomic mass is 35.5. The zero-order chi connectivity index (χ0) is 22.9. The van der Waals surface area contributed by atoms with Gasteiger partial charge in [0.05, 0.1) is 22.4 Å². The van der Waals surface area contributed by atoms with Crippen LogP contribution in [0, 0.1) is 35.5 Å². The fraction of sp³-hybridized carbons (Fsp3) is 0.370. The predicted molar refractivity (Wildman–Crippen MR) is 125 cm³/mol. The molecule has 2 bridgehead atoms. The van der Waals surface area contributed by atoms with Crippen LogP contribution in [0.25, 0.3) is 0 Å². The largest absolute Gasteiger partial charge is 0.290 e. The minimum atomic E-state index is -0.329. The average Bonchev–Trinajstić information content (AvgIpc) is 3.62.